The molecule has 0 amide bonds. The Hall–Kier alpha value is -0.0400. The molecule has 1 aliphatic rings. The van der Waals surface area contributed by atoms with Crippen molar-refractivity contribution in [1.29, 1.82) is 0 Å². The second-order valence-corrected chi connectivity index (χ2v) is 4.22. The Bertz CT molecular complexity index is 112. The minimum Gasteiger partial charge on any atom is -0.396 e. The van der Waals surface area contributed by atoms with Crippen LogP contribution in [0.5, 0.6) is 0 Å². The highest BCUT2D eigenvalue weighted by molar-refractivity contribution is 4.72. The van der Waals surface area contributed by atoms with Crippen molar-refractivity contribution in [2.24, 2.45) is 11.8 Å². The maximum Gasteiger partial charge on any atom is 0.0459 e. The van der Waals surface area contributed by atoms with E-state index in [9.17, 15) is 0 Å². The molecule has 2 unspecified atom stereocenters. The van der Waals surface area contributed by atoms with E-state index in [1.54, 1.807) is 0 Å². The first kappa shape index (κ1) is 10.0. The number of unbranched alkanes of at least 4 members (excludes halogenated alkanes) is 1. The van der Waals surface area contributed by atoms with Gasteiger partial charge in [0.2, 0.25) is 0 Å². The van der Waals surface area contributed by atoms with Gasteiger partial charge in [-0.15, -0.1) is 0 Å². The van der Waals surface area contributed by atoms with E-state index in [-0.39, 0.29) is 0 Å². The Kier molecular flexibility index (Phi) is 4.67. The quantitative estimate of drug-likeness (QED) is 0.687. The normalized spacial score (nSPS) is 30.5. The van der Waals surface area contributed by atoms with Crippen LogP contribution in [0.2, 0.25) is 0 Å². The largest absolute Gasteiger partial charge is 0.396 e. The Morgan fingerprint density at radius 3 is 2.67 bits per heavy atom. The smallest absolute Gasteiger partial charge is 0.0459 e. The maximum atomic E-state index is 9.03. The highest BCUT2D eigenvalue weighted by Crippen LogP contribution is 2.31. The summed E-state index contributed by atoms with van der Waals surface area (Å²) < 4.78 is 0. The number of aliphatic hydroxyl groups excluding tert-OH is 1. The van der Waals surface area contributed by atoms with Gasteiger partial charge in [0.05, 0.1) is 0 Å². The molecule has 1 N–H and O–H groups in total. The number of hydrogen-bond acceptors (Lipinski definition) is 1. The summed E-state index contributed by atoms with van der Waals surface area (Å²) in [5, 5.41) is 9.03. The monoisotopic (exact) mass is 170 g/mol. The van der Waals surface area contributed by atoms with Crippen molar-refractivity contribution >= 4 is 0 Å². The molecule has 0 radical (unpaired) electrons. The molecule has 0 aliphatic heterocycles. The molecule has 0 saturated heterocycles. The topological polar surface area (TPSA) is 20.2 Å². The van der Waals surface area contributed by atoms with Crippen LogP contribution in [0.1, 0.15) is 51.9 Å². The Labute approximate surface area is 76.2 Å². The number of rotatable bonds is 4. The zero-order valence-corrected chi connectivity index (χ0v) is 8.26. The summed E-state index contributed by atoms with van der Waals surface area (Å²) >= 11 is 0. The van der Waals surface area contributed by atoms with E-state index in [0.29, 0.717) is 12.5 Å². The van der Waals surface area contributed by atoms with Gasteiger partial charge in [0.25, 0.3) is 0 Å². The van der Waals surface area contributed by atoms with Crippen LogP contribution in [0.15, 0.2) is 0 Å². The van der Waals surface area contributed by atoms with Gasteiger partial charge in [-0.1, -0.05) is 39.0 Å². The lowest BCUT2D eigenvalue weighted by molar-refractivity contribution is 0.156. The Morgan fingerprint density at radius 2 is 2.00 bits per heavy atom. The van der Waals surface area contributed by atoms with E-state index in [4.69, 9.17) is 5.11 Å². The van der Waals surface area contributed by atoms with Crippen molar-refractivity contribution in [3.8, 4) is 0 Å². The molecule has 12 heavy (non-hydrogen) atoms. The van der Waals surface area contributed by atoms with Gasteiger partial charge in [0.1, 0.15) is 0 Å². The van der Waals surface area contributed by atoms with Crippen molar-refractivity contribution in [3.05, 3.63) is 0 Å². The molecule has 1 saturated carbocycles. The second kappa shape index (κ2) is 5.58. The predicted molar refractivity (Wildman–Crippen MR) is 52.1 cm³/mol. The molecule has 1 fully saturated rings. The summed E-state index contributed by atoms with van der Waals surface area (Å²) in [6.45, 7) is 2.68. The highest BCUT2D eigenvalue weighted by Gasteiger charge is 2.20. The van der Waals surface area contributed by atoms with Gasteiger partial charge in [-0.3, -0.25) is 0 Å². The van der Waals surface area contributed by atoms with Crippen molar-refractivity contribution < 1.29 is 5.11 Å². The summed E-state index contributed by atoms with van der Waals surface area (Å²) in [4.78, 5) is 0. The number of aliphatic hydroxyl groups is 1. The van der Waals surface area contributed by atoms with Gasteiger partial charge < -0.3 is 5.11 Å². The standard InChI is InChI=1S/C11H22O/c1-2-3-5-10-6-4-7-11(8-10)9-12/h10-12H,2-9H2,1H3. The van der Waals surface area contributed by atoms with Crippen LogP contribution in [0, 0.1) is 11.8 Å². The summed E-state index contributed by atoms with van der Waals surface area (Å²) in [7, 11) is 0. The summed E-state index contributed by atoms with van der Waals surface area (Å²) in [6, 6.07) is 0. The van der Waals surface area contributed by atoms with Crippen molar-refractivity contribution in [3.63, 3.8) is 0 Å². The van der Waals surface area contributed by atoms with Gasteiger partial charge in [-0.25, -0.2) is 0 Å². The molecule has 0 aromatic rings. The van der Waals surface area contributed by atoms with E-state index in [1.807, 2.05) is 0 Å². The molecule has 1 heteroatoms. The highest BCUT2D eigenvalue weighted by atomic mass is 16.3. The number of hydrogen-bond donors (Lipinski definition) is 1. The van der Waals surface area contributed by atoms with E-state index in [0.717, 1.165) is 5.92 Å². The lowest BCUT2D eigenvalue weighted by Gasteiger charge is -2.27. The molecule has 0 aromatic carbocycles. The Morgan fingerprint density at radius 1 is 1.25 bits per heavy atom. The zero-order valence-electron chi connectivity index (χ0n) is 8.26. The molecule has 0 heterocycles. The third-order valence-corrected chi connectivity index (χ3v) is 3.12. The van der Waals surface area contributed by atoms with Crippen LogP contribution in [0.25, 0.3) is 0 Å². The molecule has 0 aromatic heterocycles. The molecular formula is C11H22O. The molecule has 1 aliphatic carbocycles. The summed E-state index contributed by atoms with van der Waals surface area (Å²) in [6.07, 6.45) is 9.40. The summed E-state index contributed by atoms with van der Waals surface area (Å²) in [5.41, 5.74) is 0. The van der Waals surface area contributed by atoms with Crippen LogP contribution >= 0.6 is 0 Å². The fourth-order valence-corrected chi connectivity index (χ4v) is 2.32. The van der Waals surface area contributed by atoms with Crippen LogP contribution < -0.4 is 0 Å². The first-order valence-electron chi connectivity index (χ1n) is 5.47. The van der Waals surface area contributed by atoms with E-state index < -0.39 is 0 Å². The minimum atomic E-state index is 0.419. The third-order valence-electron chi connectivity index (χ3n) is 3.12. The molecule has 0 bridgehead atoms. The summed E-state index contributed by atoms with van der Waals surface area (Å²) in [5.74, 6) is 1.55. The van der Waals surface area contributed by atoms with Gasteiger partial charge in [-0.2, -0.15) is 0 Å². The zero-order chi connectivity index (χ0) is 8.81. The molecule has 1 rings (SSSR count). The molecule has 1 nitrogen and oxygen atoms in total. The van der Waals surface area contributed by atoms with Crippen molar-refractivity contribution in [2.45, 2.75) is 51.9 Å². The van der Waals surface area contributed by atoms with Crippen LogP contribution in [-0.4, -0.2) is 11.7 Å². The lowest BCUT2D eigenvalue weighted by atomic mass is 9.79. The van der Waals surface area contributed by atoms with Gasteiger partial charge >= 0.3 is 0 Å². The van der Waals surface area contributed by atoms with Crippen molar-refractivity contribution in [1.82, 2.24) is 0 Å². The predicted octanol–water partition coefficient (Wildman–Crippen LogP) is 2.98. The van der Waals surface area contributed by atoms with E-state index in [1.165, 1.54) is 44.9 Å². The van der Waals surface area contributed by atoms with Gasteiger partial charge in [0.15, 0.2) is 0 Å². The van der Waals surface area contributed by atoms with Gasteiger partial charge in [-0.05, 0) is 24.7 Å². The third kappa shape index (κ3) is 3.14. The molecular weight excluding hydrogens is 148 g/mol. The van der Waals surface area contributed by atoms with Crippen LogP contribution in [0.3, 0.4) is 0 Å². The van der Waals surface area contributed by atoms with E-state index in [2.05, 4.69) is 6.92 Å². The average Bonchev–Trinajstić information content (AvgIpc) is 2.15. The van der Waals surface area contributed by atoms with E-state index >= 15 is 0 Å². The minimum absolute atomic E-state index is 0.419. The molecule has 72 valence electrons. The SMILES string of the molecule is CCCCC1CCCC(CO)C1. The van der Waals surface area contributed by atoms with Gasteiger partial charge in [0, 0.05) is 6.61 Å². The second-order valence-electron chi connectivity index (χ2n) is 4.22. The first-order valence-corrected chi connectivity index (χ1v) is 5.47. The maximum absolute atomic E-state index is 9.03. The fourth-order valence-electron chi connectivity index (χ4n) is 2.32. The van der Waals surface area contributed by atoms with Crippen LogP contribution in [-0.2, 0) is 0 Å². The van der Waals surface area contributed by atoms with Crippen molar-refractivity contribution in [2.75, 3.05) is 6.61 Å². The Balaban J connectivity index is 2.16. The molecule has 2 atom stereocenters. The first-order chi connectivity index (χ1) is 5.86. The fraction of sp³-hybridized carbons (Fsp3) is 1.00. The average molecular weight is 170 g/mol. The molecule has 0 spiro atoms. The lowest BCUT2D eigenvalue weighted by Crippen LogP contribution is -2.18. The van der Waals surface area contributed by atoms with Crippen LogP contribution in [0.4, 0.5) is 0 Å².